The number of hydrogen-bond acceptors (Lipinski definition) is 18. The second-order valence-corrected chi connectivity index (χ2v) is 34.0. The molecule has 5 aromatic rings. The van der Waals surface area contributed by atoms with Gasteiger partial charge in [-0.05, 0) is 148 Å². The number of fused-ring (bicyclic) bond motifs is 19. The molecule has 8 heterocycles. The SMILES string of the molecule is COc1ccc(C[C@@H]2NC(=O)[C@H]([C@@H](C)O)NC(=O)[C@@H]3[C@@H]4CCN3C(=O)[C@H]3CC(=O)[C@H](Cc5cccc(c5)CNC(=O)CO4)NC(=O)[C@H]4CNC(=O)CCCCN(C(=O)CCOCCOCC[N+](C)(C)C)C[C@H](NC(=O)CCC(=O)N(CCCC=CCn5cc(c6cc(F)ccc65)C3)Cc3ccc(cc3)CCCC(=O)[C@]3(C)CCCN3C2=O)C(=O)N4)cc1.[CH3-]. The molecule has 12 rings (SSSR count). The van der Waals surface area contributed by atoms with Gasteiger partial charge in [0.2, 0.25) is 65.0 Å². The Hall–Kier alpha value is -10.8. The van der Waals surface area contributed by atoms with Gasteiger partial charge in [-0.1, -0.05) is 72.8 Å². The van der Waals surface area contributed by atoms with Crippen LogP contribution in [0.5, 0.6) is 5.75 Å². The predicted octanol–water partition coefficient (Wildman–Crippen LogP) is 3.97. The number of Topliss-reactive ketones (excluding diaryl/α,β-unsaturated/α-hetero) is 2. The van der Waals surface area contributed by atoms with Crippen molar-refractivity contribution in [2.75, 3.05) is 107 Å². The largest absolute Gasteiger partial charge is 0.497 e. The van der Waals surface area contributed by atoms with Gasteiger partial charge in [0.15, 0.2) is 11.6 Å². The lowest BCUT2D eigenvalue weighted by Crippen LogP contribution is -2.62. The molecule has 1 aromatic heterocycles. The first kappa shape index (κ1) is 94.4. The number of methoxy groups -OCH3 is 1. The van der Waals surface area contributed by atoms with Gasteiger partial charge in [-0.3, -0.25) is 62.3 Å². The number of aromatic nitrogens is 1. The number of carbonyl (C=O) groups is 13. The molecule has 32 heteroatoms. The number of carbonyl (C=O) groups excluding carboxylic acids is 13. The zero-order valence-corrected chi connectivity index (χ0v) is 71.9. The highest BCUT2D eigenvalue weighted by molar-refractivity contribution is 6.00. The Labute approximate surface area is 718 Å². The maximum atomic E-state index is 16.4. The number of rotatable bonds is 13. The fourth-order valence-electron chi connectivity index (χ4n) is 16.7. The van der Waals surface area contributed by atoms with E-state index in [9.17, 15) is 33.9 Å². The van der Waals surface area contributed by atoms with E-state index in [4.69, 9.17) is 18.9 Å². The molecule has 8 N–H and O–H groups in total. The number of nitrogens with zero attached hydrogens (tertiary/aromatic N) is 6. The molecule has 0 radical (unpaired) electrons. The first-order chi connectivity index (χ1) is 58.5. The number of hydrogen-bond donors (Lipinski definition) is 8. The topological polar surface area (TPSA) is 381 Å². The van der Waals surface area contributed by atoms with Crippen LogP contribution in [0.25, 0.3) is 10.9 Å². The van der Waals surface area contributed by atoms with Gasteiger partial charge in [0.25, 0.3) is 0 Å². The fraction of sp³-hybridized carbons (Fsp3) is 0.538. The van der Waals surface area contributed by atoms with Crippen molar-refractivity contribution >= 4 is 87.4 Å². The highest BCUT2D eigenvalue weighted by Crippen LogP contribution is 2.35. The van der Waals surface area contributed by atoms with Crippen LogP contribution in [-0.4, -0.2) is 271 Å². The van der Waals surface area contributed by atoms with Crippen molar-refractivity contribution in [1.82, 2.24) is 61.4 Å². The zero-order valence-electron chi connectivity index (χ0n) is 71.9. The summed E-state index contributed by atoms with van der Waals surface area (Å²) in [5.41, 5.74) is 2.82. The molecule has 4 aromatic carbocycles. The van der Waals surface area contributed by atoms with Gasteiger partial charge in [0.1, 0.15) is 54.9 Å². The Morgan fingerprint density at radius 1 is 0.659 bits per heavy atom. The van der Waals surface area contributed by atoms with Gasteiger partial charge >= 0.3 is 0 Å². The summed E-state index contributed by atoms with van der Waals surface area (Å²) in [6, 6.07) is 15.5. The van der Waals surface area contributed by atoms with E-state index in [1.165, 1.54) is 40.9 Å². The van der Waals surface area contributed by atoms with E-state index >= 15 is 38.0 Å². The smallest absolute Gasteiger partial charge is 0.246 e. The third-order valence-electron chi connectivity index (χ3n) is 23.7. The van der Waals surface area contributed by atoms with Crippen molar-refractivity contribution in [3.8, 4) is 5.75 Å². The van der Waals surface area contributed by atoms with Crippen molar-refractivity contribution in [1.29, 1.82) is 0 Å². The molecular formula is C91H122FN13O18. The third-order valence-corrected chi connectivity index (χ3v) is 23.7. The molecule has 3 fully saturated rings. The number of allylic oxidation sites excluding steroid dienone is 2. The van der Waals surface area contributed by atoms with Crippen molar-refractivity contribution in [3.63, 3.8) is 0 Å². The molecule has 14 bridgehead atoms. The van der Waals surface area contributed by atoms with E-state index in [0.29, 0.717) is 88.5 Å². The first-order valence-corrected chi connectivity index (χ1v) is 42.7. The highest BCUT2D eigenvalue weighted by atomic mass is 19.1. The summed E-state index contributed by atoms with van der Waals surface area (Å²) in [6.45, 7) is 3.39. The molecule has 7 aliphatic rings. The Balaban J connectivity index is 0.0000158. The number of halogens is 1. The maximum absolute atomic E-state index is 16.4. The van der Waals surface area contributed by atoms with Crippen LogP contribution in [0.4, 0.5) is 4.39 Å². The number of amides is 11. The number of benzene rings is 4. The average Bonchev–Trinajstić information content (AvgIpc) is 1.65. The number of aliphatic hydroxyl groups is 1. The van der Waals surface area contributed by atoms with Gasteiger partial charge in [-0.15, -0.1) is 0 Å². The summed E-state index contributed by atoms with van der Waals surface area (Å²) < 4.78 is 41.8. The van der Waals surface area contributed by atoms with Crippen LogP contribution in [-0.2, 0) is 122 Å². The molecule has 10 atom stereocenters. The summed E-state index contributed by atoms with van der Waals surface area (Å²) in [5.74, 6) is -10.8. The van der Waals surface area contributed by atoms with Crippen LogP contribution in [0.15, 0.2) is 109 Å². The van der Waals surface area contributed by atoms with Crippen LogP contribution in [0.2, 0.25) is 0 Å². The second-order valence-electron chi connectivity index (χ2n) is 34.0. The predicted molar refractivity (Wildman–Crippen MR) is 454 cm³/mol. The summed E-state index contributed by atoms with van der Waals surface area (Å²) in [6.07, 6.45) is 3.18. The summed E-state index contributed by atoms with van der Waals surface area (Å²) in [5, 5.41) is 31.5. The minimum atomic E-state index is -1.85. The number of quaternary nitrogens is 1. The first-order valence-electron chi connectivity index (χ1n) is 42.7. The van der Waals surface area contributed by atoms with Crippen molar-refractivity contribution < 1.29 is 95.3 Å². The molecule has 123 heavy (non-hydrogen) atoms. The lowest BCUT2D eigenvalue weighted by molar-refractivity contribution is -0.870. The molecule has 0 unspecified atom stereocenters. The number of nitrogens with one attached hydrogen (secondary N) is 7. The van der Waals surface area contributed by atoms with Gasteiger partial charge in [0, 0.05) is 120 Å². The van der Waals surface area contributed by atoms with Gasteiger partial charge in [-0.25, -0.2) is 4.39 Å². The molecule has 7 aliphatic heterocycles. The summed E-state index contributed by atoms with van der Waals surface area (Å²) in [7, 11) is 7.63. The van der Waals surface area contributed by atoms with E-state index < -0.39 is 169 Å². The van der Waals surface area contributed by atoms with Crippen LogP contribution in [0.1, 0.15) is 137 Å². The number of ketones is 2. The minimum absolute atomic E-state index is 0. The molecule has 0 aliphatic carbocycles. The Bertz CT molecular complexity index is 4610. The Morgan fingerprint density at radius 2 is 1.40 bits per heavy atom. The van der Waals surface area contributed by atoms with Crippen LogP contribution < -0.4 is 42.0 Å². The molecule has 666 valence electrons. The second kappa shape index (κ2) is 44.5. The van der Waals surface area contributed by atoms with Gasteiger partial charge < -0.3 is 97.3 Å². The molecule has 3 saturated heterocycles. The monoisotopic (exact) mass is 1700 g/mol. The fourth-order valence-corrected chi connectivity index (χ4v) is 16.7. The van der Waals surface area contributed by atoms with E-state index in [1.54, 1.807) is 72.6 Å². The number of aryl methyl sites for hydroxylation is 1. The lowest BCUT2D eigenvalue weighted by Gasteiger charge is -2.37. The number of likely N-dealkylation sites (N-methyl/N-ethyl adjacent to an activating group) is 1. The molecule has 0 saturated carbocycles. The van der Waals surface area contributed by atoms with E-state index in [2.05, 4.69) is 37.2 Å². The van der Waals surface area contributed by atoms with Gasteiger partial charge in [0.05, 0.1) is 84.9 Å². The normalized spacial score (nSPS) is 24.7. The number of ether oxygens (including phenoxy) is 4. The van der Waals surface area contributed by atoms with Crippen molar-refractivity contribution in [2.45, 2.75) is 203 Å². The molecule has 0 spiro atoms. The van der Waals surface area contributed by atoms with Crippen LogP contribution >= 0.6 is 0 Å². The highest BCUT2D eigenvalue weighted by Gasteiger charge is 2.50. The van der Waals surface area contributed by atoms with Gasteiger partial charge in [-0.2, -0.15) is 0 Å². The van der Waals surface area contributed by atoms with E-state index in [0.717, 1.165) is 17.7 Å². The molecule has 11 amide bonds. The van der Waals surface area contributed by atoms with E-state index in [1.807, 2.05) is 62.1 Å². The van der Waals surface area contributed by atoms with Crippen LogP contribution in [0.3, 0.4) is 0 Å². The minimum Gasteiger partial charge on any atom is -0.497 e. The Kier molecular flexibility index (Phi) is 34.2. The van der Waals surface area contributed by atoms with Crippen molar-refractivity contribution in [2.24, 2.45) is 5.92 Å². The van der Waals surface area contributed by atoms with E-state index in [-0.39, 0.29) is 143 Å². The quantitative estimate of drug-likeness (QED) is 0.0358. The zero-order chi connectivity index (χ0) is 87.2. The molecular weight excluding hydrogens is 1580 g/mol. The van der Waals surface area contributed by atoms with Crippen molar-refractivity contribution in [3.05, 3.63) is 156 Å². The standard InChI is InChI=1S/C90H118FN13O18.CH3/c1-58(105)82-86(115)96-70(47-60-25-28-67(119-6)29-26-60)89(118)103-39-15-35-90(103,2)76(107)19-14-16-59-21-23-61(24-22-59)54-100-37-11-8-7-10-36-99-55-65(68-51-66(91)27-30-73(68)99)49-64-50-74(106)69(48-62-17-13-18-63(46-62)52-92-79(110)57-122-75-33-40-102(88(64)117)83(75)87(116)98-82)95-84(113)71-53-93-77(108)20-9-12-38-101(56-72(85(114)97-71)94-78(109)31-32-80(100)111)81(112)34-42-120-44-45-121-43-41-104(3,4)5;/h7,10,13,17-18,21-30,46,51,55,58,64,69-72,75,82-83,105H,8-9,11-12,14-16,19-20,31-45,47-50,52-54,56-57H2,1-6H3,(H6-,92,93,94,95,96,97,98,108,109,110,113,114,115,116);1H3/q;-1/p+1/t58-,64-,69+,70+,71-,72+,75+,82+,83+,90+;/m1./s1. The Morgan fingerprint density at radius 3 is 2.15 bits per heavy atom. The average molecular weight is 1710 g/mol. The third kappa shape index (κ3) is 26.4. The number of aliphatic hydroxyl groups excluding tert-OH is 1. The molecule has 31 nitrogen and oxygen atoms in total. The summed E-state index contributed by atoms with van der Waals surface area (Å²) in [4.78, 5) is 202. The maximum Gasteiger partial charge on any atom is 0.246 e. The van der Waals surface area contributed by atoms with Crippen LogP contribution in [0, 0.1) is 19.2 Å². The lowest BCUT2D eigenvalue weighted by atomic mass is 9.88. The summed E-state index contributed by atoms with van der Waals surface area (Å²) >= 11 is 0.